The standard InChI is InChI=1S/C21H20N2O6/c1-27-15-6-4-13(5-7-15)12-23-20(25)17(19(24)22-21(23)26)11-14-10-16(28-2)8-9-18(14)29-3/h4-11H,12H2,1-3H3,(H,22,24,26)/b17-11+. The van der Waals surface area contributed by atoms with Gasteiger partial charge in [0.15, 0.2) is 0 Å². The van der Waals surface area contributed by atoms with Crippen molar-refractivity contribution < 1.29 is 28.6 Å². The van der Waals surface area contributed by atoms with Gasteiger partial charge >= 0.3 is 6.03 Å². The van der Waals surface area contributed by atoms with Crippen LogP contribution in [0.3, 0.4) is 0 Å². The molecule has 0 radical (unpaired) electrons. The van der Waals surface area contributed by atoms with E-state index in [-0.39, 0.29) is 12.1 Å². The summed E-state index contributed by atoms with van der Waals surface area (Å²) in [5.74, 6) is 0.185. The highest BCUT2D eigenvalue weighted by atomic mass is 16.5. The maximum absolute atomic E-state index is 12.9. The van der Waals surface area contributed by atoms with Gasteiger partial charge < -0.3 is 14.2 Å². The van der Waals surface area contributed by atoms with Crippen LogP contribution in [-0.4, -0.2) is 44.1 Å². The molecule has 0 spiro atoms. The molecule has 4 amide bonds. The molecule has 0 bridgehead atoms. The third kappa shape index (κ3) is 4.21. The molecule has 8 nitrogen and oxygen atoms in total. The number of benzene rings is 2. The van der Waals surface area contributed by atoms with Gasteiger partial charge in [0.25, 0.3) is 11.8 Å². The summed E-state index contributed by atoms with van der Waals surface area (Å²) >= 11 is 0. The molecule has 150 valence electrons. The number of hydrogen-bond donors (Lipinski definition) is 1. The van der Waals surface area contributed by atoms with Crippen molar-refractivity contribution in [3.63, 3.8) is 0 Å². The van der Waals surface area contributed by atoms with Crippen molar-refractivity contribution in [1.29, 1.82) is 0 Å². The van der Waals surface area contributed by atoms with Gasteiger partial charge in [0, 0.05) is 5.56 Å². The summed E-state index contributed by atoms with van der Waals surface area (Å²) in [6, 6.07) is 11.2. The number of methoxy groups -OCH3 is 3. The maximum Gasteiger partial charge on any atom is 0.331 e. The Balaban J connectivity index is 1.93. The molecule has 0 aliphatic carbocycles. The molecule has 2 aromatic carbocycles. The van der Waals surface area contributed by atoms with Gasteiger partial charge in [-0.1, -0.05) is 12.1 Å². The minimum Gasteiger partial charge on any atom is -0.497 e. The number of rotatable bonds is 6. The van der Waals surface area contributed by atoms with E-state index in [1.807, 2.05) is 0 Å². The predicted molar refractivity (Wildman–Crippen MR) is 105 cm³/mol. The summed E-state index contributed by atoms with van der Waals surface area (Å²) in [5.41, 5.74) is 1.01. The number of hydrogen-bond acceptors (Lipinski definition) is 6. The van der Waals surface area contributed by atoms with Crippen molar-refractivity contribution in [1.82, 2.24) is 10.2 Å². The van der Waals surface area contributed by atoms with E-state index in [2.05, 4.69) is 5.32 Å². The van der Waals surface area contributed by atoms with E-state index in [4.69, 9.17) is 14.2 Å². The molecule has 0 aromatic heterocycles. The van der Waals surface area contributed by atoms with E-state index in [0.29, 0.717) is 28.4 Å². The molecule has 8 heteroatoms. The number of amides is 4. The fourth-order valence-electron chi connectivity index (χ4n) is 2.86. The Labute approximate surface area is 167 Å². The summed E-state index contributed by atoms with van der Waals surface area (Å²) in [5, 5.41) is 2.20. The summed E-state index contributed by atoms with van der Waals surface area (Å²) in [6.45, 7) is 0.00846. The Morgan fingerprint density at radius 1 is 0.897 bits per heavy atom. The van der Waals surface area contributed by atoms with Crippen LogP contribution in [0.4, 0.5) is 4.79 Å². The van der Waals surface area contributed by atoms with Crippen LogP contribution < -0.4 is 19.5 Å². The average molecular weight is 396 g/mol. The minimum absolute atomic E-state index is 0.00846. The highest BCUT2D eigenvalue weighted by Gasteiger charge is 2.35. The van der Waals surface area contributed by atoms with Gasteiger partial charge in [-0.3, -0.25) is 19.8 Å². The third-order valence-electron chi connectivity index (χ3n) is 4.42. The van der Waals surface area contributed by atoms with Gasteiger partial charge in [-0.2, -0.15) is 0 Å². The van der Waals surface area contributed by atoms with Gasteiger partial charge in [-0.25, -0.2) is 4.79 Å². The first-order valence-electron chi connectivity index (χ1n) is 8.70. The number of ether oxygens (including phenoxy) is 3. The molecule has 0 atom stereocenters. The summed E-state index contributed by atoms with van der Waals surface area (Å²) in [7, 11) is 4.53. The first-order valence-corrected chi connectivity index (χ1v) is 8.70. The molecule has 3 rings (SSSR count). The van der Waals surface area contributed by atoms with Gasteiger partial charge in [0.05, 0.1) is 27.9 Å². The highest BCUT2D eigenvalue weighted by Crippen LogP contribution is 2.27. The lowest BCUT2D eigenvalue weighted by Gasteiger charge is -2.26. The number of barbiturate groups is 1. The second-order valence-electron chi connectivity index (χ2n) is 6.16. The zero-order valence-corrected chi connectivity index (χ0v) is 16.2. The minimum atomic E-state index is -0.773. The van der Waals surface area contributed by atoms with Crippen LogP contribution in [0, 0.1) is 0 Å². The van der Waals surface area contributed by atoms with Crippen molar-refractivity contribution in [2.24, 2.45) is 0 Å². The van der Waals surface area contributed by atoms with Crippen LogP contribution >= 0.6 is 0 Å². The predicted octanol–water partition coefficient (Wildman–Crippen LogP) is 2.37. The second-order valence-corrected chi connectivity index (χ2v) is 6.16. The van der Waals surface area contributed by atoms with Crippen LogP contribution in [0.1, 0.15) is 11.1 Å². The SMILES string of the molecule is COc1ccc(CN2C(=O)NC(=O)/C(=C\c3cc(OC)ccc3OC)C2=O)cc1. The lowest BCUT2D eigenvalue weighted by atomic mass is 10.1. The number of carbonyl (C=O) groups is 3. The molecule has 1 fully saturated rings. The van der Waals surface area contributed by atoms with E-state index < -0.39 is 17.8 Å². The van der Waals surface area contributed by atoms with Crippen molar-refractivity contribution in [3.05, 3.63) is 59.2 Å². The van der Waals surface area contributed by atoms with Crippen LogP contribution in [-0.2, 0) is 16.1 Å². The smallest absolute Gasteiger partial charge is 0.331 e. The van der Waals surface area contributed by atoms with Crippen molar-refractivity contribution in [3.8, 4) is 17.2 Å². The van der Waals surface area contributed by atoms with Crippen LogP contribution in [0.5, 0.6) is 17.2 Å². The monoisotopic (exact) mass is 396 g/mol. The molecule has 1 aliphatic heterocycles. The topological polar surface area (TPSA) is 94.2 Å². The Bertz CT molecular complexity index is 981. The second kappa shape index (κ2) is 8.47. The first-order chi connectivity index (χ1) is 14.0. The lowest BCUT2D eigenvalue weighted by molar-refractivity contribution is -0.130. The van der Waals surface area contributed by atoms with Gasteiger partial charge in [0.2, 0.25) is 0 Å². The quantitative estimate of drug-likeness (QED) is 0.595. The molecule has 2 aromatic rings. The summed E-state index contributed by atoms with van der Waals surface area (Å²) < 4.78 is 15.6. The van der Waals surface area contributed by atoms with Crippen LogP contribution in [0.2, 0.25) is 0 Å². The van der Waals surface area contributed by atoms with Gasteiger partial charge in [-0.15, -0.1) is 0 Å². The van der Waals surface area contributed by atoms with Crippen molar-refractivity contribution in [2.45, 2.75) is 6.54 Å². The highest BCUT2D eigenvalue weighted by molar-refractivity contribution is 6.31. The number of carbonyl (C=O) groups excluding carboxylic acids is 3. The number of imide groups is 2. The largest absolute Gasteiger partial charge is 0.497 e. The fraction of sp³-hybridized carbons (Fsp3) is 0.190. The first kappa shape index (κ1) is 19.9. The van der Waals surface area contributed by atoms with Crippen LogP contribution in [0.15, 0.2) is 48.0 Å². The zero-order chi connectivity index (χ0) is 21.0. The van der Waals surface area contributed by atoms with E-state index in [1.165, 1.54) is 20.3 Å². The maximum atomic E-state index is 12.9. The Kier molecular flexibility index (Phi) is 5.82. The lowest BCUT2D eigenvalue weighted by Crippen LogP contribution is -2.53. The summed E-state index contributed by atoms with van der Waals surface area (Å²) in [6.07, 6.45) is 1.38. The normalized spacial score (nSPS) is 15.3. The average Bonchev–Trinajstić information content (AvgIpc) is 2.74. The van der Waals surface area contributed by atoms with Crippen LogP contribution in [0.25, 0.3) is 6.08 Å². The fourth-order valence-corrected chi connectivity index (χ4v) is 2.86. The molecule has 0 saturated carbocycles. The molecule has 29 heavy (non-hydrogen) atoms. The number of nitrogens with one attached hydrogen (secondary N) is 1. The Morgan fingerprint density at radius 2 is 1.55 bits per heavy atom. The Hall–Kier alpha value is -3.81. The third-order valence-corrected chi connectivity index (χ3v) is 4.42. The molecular weight excluding hydrogens is 376 g/mol. The van der Waals surface area contributed by atoms with Crippen molar-refractivity contribution in [2.75, 3.05) is 21.3 Å². The van der Waals surface area contributed by atoms with E-state index in [9.17, 15) is 14.4 Å². The van der Waals surface area contributed by atoms with Crippen molar-refractivity contribution >= 4 is 23.9 Å². The molecule has 1 heterocycles. The molecule has 1 aliphatic rings. The zero-order valence-electron chi connectivity index (χ0n) is 16.2. The molecule has 1 N–H and O–H groups in total. The molecule has 1 saturated heterocycles. The molecular formula is C21H20N2O6. The summed E-state index contributed by atoms with van der Waals surface area (Å²) in [4.78, 5) is 38.4. The number of urea groups is 1. The van der Waals surface area contributed by atoms with E-state index in [0.717, 1.165) is 4.90 Å². The molecule has 0 unspecified atom stereocenters. The van der Waals surface area contributed by atoms with E-state index >= 15 is 0 Å². The van der Waals surface area contributed by atoms with Gasteiger partial charge in [-0.05, 0) is 42.0 Å². The van der Waals surface area contributed by atoms with E-state index in [1.54, 1.807) is 49.6 Å². The number of nitrogens with zero attached hydrogens (tertiary/aromatic N) is 1. The van der Waals surface area contributed by atoms with Gasteiger partial charge in [0.1, 0.15) is 22.8 Å². The Morgan fingerprint density at radius 3 is 2.17 bits per heavy atom.